The van der Waals surface area contributed by atoms with Gasteiger partial charge < -0.3 is 14.4 Å². The average Bonchev–Trinajstić information content (AvgIpc) is 3.24. The van der Waals surface area contributed by atoms with Crippen LogP contribution < -0.4 is 5.32 Å². The van der Waals surface area contributed by atoms with Crippen LogP contribution in [0.15, 0.2) is 39.1 Å². The second kappa shape index (κ2) is 7.38. The second-order valence-corrected chi connectivity index (χ2v) is 7.49. The van der Waals surface area contributed by atoms with E-state index in [0.717, 1.165) is 11.8 Å². The van der Waals surface area contributed by atoms with Gasteiger partial charge in [-0.2, -0.15) is 4.98 Å². The molecule has 146 valence electrons. The predicted octanol–water partition coefficient (Wildman–Crippen LogP) is 2.23. The van der Waals surface area contributed by atoms with Crippen LogP contribution in [-0.4, -0.2) is 35.7 Å². The monoisotopic (exact) mass is 403 g/mol. The van der Waals surface area contributed by atoms with E-state index in [2.05, 4.69) is 25.7 Å². The van der Waals surface area contributed by atoms with Crippen LogP contribution in [0.25, 0.3) is 0 Å². The van der Waals surface area contributed by atoms with Crippen molar-refractivity contribution in [1.29, 1.82) is 0 Å². The molecule has 3 rings (SSSR count). The summed E-state index contributed by atoms with van der Waals surface area (Å²) in [7, 11) is 1.73. The smallest absolute Gasteiger partial charge is 0.284 e. The fourth-order valence-electron chi connectivity index (χ4n) is 2.32. The van der Waals surface area contributed by atoms with Gasteiger partial charge in [0.25, 0.3) is 11.6 Å². The van der Waals surface area contributed by atoms with Gasteiger partial charge in [0.1, 0.15) is 6.33 Å². The number of nitrogens with one attached hydrogen (secondary N) is 1. The van der Waals surface area contributed by atoms with Crippen LogP contribution in [0.4, 0.5) is 5.69 Å². The molecule has 0 saturated carbocycles. The van der Waals surface area contributed by atoms with E-state index in [1.54, 1.807) is 32.4 Å². The van der Waals surface area contributed by atoms with E-state index in [1.165, 1.54) is 24.5 Å². The molecule has 0 aliphatic carbocycles. The number of nitrogens with zero attached hydrogens (tertiary/aromatic N) is 6. The maximum atomic E-state index is 12.6. The number of nitro groups is 1. The minimum absolute atomic E-state index is 0.141. The largest absolute Gasteiger partial charge is 0.340 e. The lowest BCUT2D eigenvalue weighted by Crippen LogP contribution is -2.41. The van der Waals surface area contributed by atoms with E-state index in [4.69, 9.17) is 4.52 Å². The Labute approximate surface area is 163 Å². The third-order valence-corrected chi connectivity index (χ3v) is 4.92. The summed E-state index contributed by atoms with van der Waals surface area (Å²) in [6.07, 6.45) is 1.50. The van der Waals surface area contributed by atoms with Crippen molar-refractivity contribution in [2.75, 3.05) is 0 Å². The first-order valence-electron chi connectivity index (χ1n) is 8.11. The fourth-order valence-corrected chi connectivity index (χ4v) is 3.17. The van der Waals surface area contributed by atoms with Crippen molar-refractivity contribution in [3.8, 4) is 0 Å². The van der Waals surface area contributed by atoms with Crippen LogP contribution >= 0.6 is 11.8 Å². The zero-order chi connectivity index (χ0) is 20.5. The summed E-state index contributed by atoms with van der Waals surface area (Å²) in [5, 5.41) is 26.2. The Bertz CT molecular complexity index is 1040. The number of aryl methyl sites for hydroxylation is 2. The molecule has 0 saturated heterocycles. The first-order chi connectivity index (χ1) is 13.2. The normalized spacial score (nSPS) is 11.4. The van der Waals surface area contributed by atoms with Crippen LogP contribution in [0.1, 0.15) is 35.9 Å². The van der Waals surface area contributed by atoms with Gasteiger partial charge >= 0.3 is 0 Å². The zero-order valence-corrected chi connectivity index (χ0v) is 16.4. The number of aromatic nitrogens is 5. The van der Waals surface area contributed by atoms with E-state index in [0.29, 0.717) is 21.8 Å². The highest BCUT2D eigenvalue weighted by Crippen LogP contribution is 2.34. The lowest BCUT2D eigenvalue weighted by molar-refractivity contribution is -0.387. The number of hydrogen-bond acceptors (Lipinski definition) is 9. The summed E-state index contributed by atoms with van der Waals surface area (Å²) in [6.45, 7) is 5.06. The van der Waals surface area contributed by atoms with Crippen molar-refractivity contribution in [1.82, 2.24) is 30.2 Å². The number of nitro benzene ring substituents is 1. The highest BCUT2D eigenvalue weighted by atomic mass is 32.2. The van der Waals surface area contributed by atoms with E-state index in [9.17, 15) is 14.9 Å². The van der Waals surface area contributed by atoms with Crippen molar-refractivity contribution >= 4 is 23.4 Å². The summed E-state index contributed by atoms with van der Waals surface area (Å²) in [6, 6.07) is 4.25. The van der Waals surface area contributed by atoms with E-state index < -0.39 is 16.4 Å². The summed E-state index contributed by atoms with van der Waals surface area (Å²) in [5.41, 5.74) is -0.980. The van der Waals surface area contributed by atoms with Crippen molar-refractivity contribution in [2.24, 2.45) is 7.05 Å². The van der Waals surface area contributed by atoms with Gasteiger partial charge in [0.15, 0.2) is 11.0 Å². The number of hydrogen-bond donors (Lipinski definition) is 1. The molecule has 12 heteroatoms. The number of carbonyl (C=O) groups is 1. The van der Waals surface area contributed by atoms with E-state index in [-0.39, 0.29) is 11.3 Å². The highest BCUT2D eigenvalue weighted by molar-refractivity contribution is 7.99. The molecule has 0 fully saturated rings. The summed E-state index contributed by atoms with van der Waals surface area (Å²) < 4.78 is 6.59. The number of rotatable bonds is 6. The van der Waals surface area contributed by atoms with Gasteiger partial charge in [0.05, 0.1) is 15.4 Å². The standard InChI is InChI=1S/C16H17N7O4S/c1-9-18-14(21-27-9)16(2,3)19-13(24)10-5-6-12(11(7-10)23(25)26)28-15-20-17-8-22(15)4/h5-8H,1-4H3,(H,19,24). The van der Waals surface area contributed by atoms with Crippen LogP contribution in [-0.2, 0) is 12.6 Å². The van der Waals surface area contributed by atoms with Crippen LogP contribution in [0, 0.1) is 17.0 Å². The number of amides is 1. The second-order valence-electron chi connectivity index (χ2n) is 6.48. The number of benzene rings is 1. The Morgan fingerprint density at radius 3 is 2.71 bits per heavy atom. The maximum Gasteiger partial charge on any atom is 0.284 e. The van der Waals surface area contributed by atoms with Gasteiger partial charge in [-0.15, -0.1) is 10.2 Å². The van der Waals surface area contributed by atoms with Crippen molar-refractivity contribution < 1.29 is 14.2 Å². The molecule has 28 heavy (non-hydrogen) atoms. The summed E-state index contributed by atoms with van der Waals surface area (Å²) >= 11 is 1.09. The molecule has 1 N–H and O–H groups in total. The predicted molar refractivity (Wildman–Crippen MR) is 97.7 cm³/mol. The molecule has 0 aliphatic heterocycles. The Hall–Kier alpha value is -3.28. The van der Waals surface area contributed by atoms with Crippen LogP contribution in [0.3, 0.4) is 0 Å². The molecule has 0 radical (unpaired) electrons. The Balaban J connectivity index is 1.86. The van der Waals surface area contributed by atoms with Gasteiger partial charge in [-0.1, -0.05) is 5.16 Å². The van der Waals surface area contributed by atoms with Gasteiger partial charge in [-0.25, -0.2) is 0 Å². The molecule has 2 heterocycles. The van der Waals surface area contributed by atoms with Gasteiger partial charge in [0.2, 0.25) is 5.89 Å². The molecule has 3 aromatic rings. The van der Waals surface area contributed by atoms with Crippen LogP contribution in [0.2, 0.25) is 0 Å². The minimum atomic E-state index is -0.921. The van der Waals surface area contributed by atoms with Crippen LogP contribution in [0.5, 0.6) is 0 Å². The SMILES string of the molecule is Cc1nc(C(C)(C)NC(=O)c2ccc(Sc3nncn3C)c([N+](=O)[O-])c2)no1. The molecule has 0 unspecified atom stereocenters. The molecule has 0 spiro atoms. The molecule has 2 aromatic heterocycles. The molecule has 1 aromatic carbocycles. The average molecular weight is 403 g/mol. The summed E-state index contributed by atoms with van der Waals surface area (Å²) in [4.78, 5) is 28.1. The Morgan fingerprint density at radius 1 is 1.39 bits per heavy atom. The minimum Gasteiger partial charge on any atom is -0.340 e. The van der Waals surface area contributed by atoms with Crippen molar-refractivity contribution in [3.05, 3.63) is 51.9 Å². The third kappa shape index (κ3) is 4.01. The topological polar surface area (TPSA) is 142 Å². The van der Waals surface area contributed by atoms with E-state index >= 15 is 0 Å². The molecular weight excluding hydrogens is 386 g/mol. The van der Waals surface area contributed by atoms with Gasteiger partial charge in [-0.3, -0.25) is 14.9 Å². The Kier molecular flexibility index (Phi) is 5.14. The maximum absolute atomic E-state index is 12.6. The van der Waals surface area contributed by atoms with Gasteiger partial charge in [0, 0.05) is 25.6 Å². The Morgan fingerprint density at radius 2 is 2.14 bits per heavy atom. The molecule has 0 aliphatic rings. The first kappa shape index (κ1) is 19.5. The lowest BCUT2D eigenvalue weighted by atomic mass is 10.0. The zero-order valence-electron chi connectivity index (χ0n) is 15.5. The van der Waals surface area contributed by atoms with Crippen molar-refractivity contribution in [2.45, 2.75) is 36.4 Å². The quantitative estimate of drug-likeness (QED) is 0.484. The molecule has 11 nitrogen and oxygen atoms in total. The summed E-state index contributed by atoms with van der Waals surface area (Å²) in [5.74, 6) is 0.186. The van der Waals surface area contributed by atoms with Crippen molar-refractivity contribution in [3.63, 3.8) is 0 Å². The molecular formula is C16H17N7O4S. The van der Waals surface area contributed by atoms with Gasteiger partial charge in [-0.05, 0) is 37.7 Å². The molecule has 0 bridgehead atoms. The number of carbonyl (C=O) groups excluding carboxylic acids is 1. The molecule has 0 atom stereocenters. The molecule has 1 amide bonds. The fraction of sp³-hybridized carbons (Fsp3) is 0.312. The highest BCUT2D eigenvalue weighted by Gasteiger charge is 2.29. The third-order valence-electron chi connectivity index (χ3n) is 3.80. The first-order valence-corrected chi connectivity index (χ1v) is 8.92. The lowest BCUT2D eigenvalue weighted by Gasteiger charge is -2.22. The van der Waals surface area contributed by atoms with E-state index in [1.807, 2.05) is 0 Å².